The van der Waals surface area contributed by atoms with E-state index in [2.05, 4.69) is 0 Å². The molecule has 1 unspecified atom stereocenters. The number of halogens is 3. The molecule has 0 aliphatic carbocycles. The minimum Gasteiger partial charge on any atom is -0.328 e. The first kappa shape index (κ1) is 14.1. The third kappa shape index (κ3) is 2.66. The van der Waals surface area contributed by atoms with Crippen LogP contribution in [-0.2, 0) is 16.0 Å². The summed E-state index contributed by atoms with van der Waals surface area (Å²) in [6.45, 7) is 1.70. The van der Waals surface area contributed by atoms with Crippen LogP contribution in [0.5, 0.6) is 0 Å². The molecule has 1 atom stereocenters. The van der Waals surface area contributed by atoms with Crippen LogP contribution in [0.4, 0.5) is 13.2 Å². The summed E-state index contributed by atoms with van der Waals surface area (Å²) in [5, 5.41) is 1.00. The van der Waals surface area contributed by atoms with Gasteiger partial charge in [-0.2, -0.15) is 13.2 Å². The van der Waals surface area contributed by atoms with E-state index in [1.807, 2.05) is 0 Å². The molecular formula is C12H12F3NO2S. The van der Waals surface area contributed by atoms with E-state index in [4.69, 9.17) is 5.73 Å². The maximum absolute atomic E-state index is 12.6. The zero-order valence-electron chi connectivity index (χ0n) is 10.0. The van der Waals surface area contributed by atoms with Gasteiger partial charge in [0, 0.05) is 11.4 Å². The molecule has 1 aromatic carbocycles. The van der Waals surface area contributed by atoms with E-state index in [1.165, 1.54) is 6.07 Å². The van der Waals surface area contributed by atoms with Crippen molar-refractivity contribution in [1.29, 1.82) is 0 Å². The molecule has 0 fully saturated rings. The second kappa shape index (κ2) is 4.35. The lowest BCUT2D eigenvalue weighted by Gasteiger charge is -2.10. The maximum atomic E-state index is 12.6. The molecule has 7 heteroatoms. The predicted octanol–water partition coefficient (Wildman–Crippen LogP) is 2.57. The summed E-state index contributed by atoms with van der Waals surface area (Å²) < 4.78 is 61.4. The second-order valence-electron chi connectivity index (χ2n) is 4.58. The fourth-order valence-corrected chi connectivity index (χ4v) is 3.54. The minimum absolute atomic E-state index is 0.269. The molecule has 1 aromatic rings. The van der Waals surface area contributed by atoms with Crippen LogP contribution in [0.2, 0.25) is 0 Å². The van der Waals surface area contributed by atoms with Crippen LogP contribution >= 0.6 is 0 Å². The summed E-state index contributed by atoms with van der Waals surface area (Å²) in [6.07, 6.45) is -4.26. The zero-order chi connectivity index (χ0) is 14.4. The zero-order valence-corrected chi connectivity index (χ0v) is 10.8. The van der Waals surface area contributed by atoms with Crippen molar-refractivity contribution in [3.8, 4) is 0 Å². The van der Waals surface area contributed by atoms with E-state index in [0.717, 1.165) is 11.5 Å². The van der Waals surface area contributed by atoms with Crippen LogP contribution in [0.3, 0.4) is 0 Å². The summed E-state index contributed by atoms with van der Waals surface area (Å²) in [5.41, 5.74) is 5.40. The molecule has 0 aromatic heterocycles. The number of alkyl halides is 3. The number of benzene rings is 1. The van der Waals surface area contributed by atoms with Gasteiger partial charge in [-0.3, -0.25) is 0 Å². The summed E-state index contributed by atoms with van der Waals surface area (Å²) in [7, 11) is -3.80. The van der Waals surface area contributed by atoms with Gasteiger partial charge in [0.15, 0.2) is 0 Å². The molecular weight excluding hydrogens is 279 g/mol. The molecule has 0 saturated carbocycles. The molecule has 0 bridgehead atoms. The van der Waals surface area contributed by atoms with E-state index >= 15 is 0 Å². The quantitative estimate of drug-likeness (QED) is 0.911. The molecule has 0 spiro atoms. The highest BCUT2D eigenvalue weighted by atomic mass is 32.2. The second-order valence-corrected chi connectivity index (χ2v) is 6.34. The summed E-state index contributed by atoms with van der Waals surface area (Å²) in [4.78, 5) is -0.294. The van der Waals surface area contributed by atoms with Gasteiger partial charge in [-0.25, -0.2) is 8.42 Å². The normalized spacial score (nSPS) is 18.9. The summed E-state index contributed by atoms with van der Waals surface area (Å²) in [5.74, 6) is 0. The van der Waals surface area contributed by atoms with Crippen molar-refractivity contribution in [3.63, 3.8) is 0 Å². The Balaban J connectivity index is 2.55. The van der Waals surface area contributed by atoms with Gasteiger partial charge >= 0.3 is 6.18 Å². The van der Waals surface area contributed by atoms with Gasteiger partial charge in [0.05, 0.1) is 10.5 Å². The molecule has 0 amide bonds. The SMILES string of the molecule is CC(N)CC1=CS(=O)(=O)c2cc(C(F)(F)F)ccc21. The fourth-order valence-electron chi connectivity index (χ4n) is 2.02. The van der Waals surface area contributed by atoms with Gasteiger partial charge in [0.1, 0.15) is 0 Å². The van der Waals surface area contributed by atoms with E-state index < -0.39 is 21.6 Å². The Morgan fingerprint density at radius 3 is 2.47 bits per heavy atom. The molecule has 0 saturated heterocycles. The Kier molecular flexibility index (Phi) is 3.22. The van der Waals surface area contributed by atoms with E-state index in [9.17, 15) is 21.6 Å². The van der Waals surface area contributed by atoms with Crippen LogP contribution in [0.1, 0.15) is 24.5 Å². The van der Waals surface area contributed by atoms with Crippen molar-refractivity contribution in [1.82, 2.24) is 0 Å². The number of fused-ring (bicyclic) bond motifs is 1. The lowest BCUT2D eigenvalue weighted by Crippen LogP contribution is -2.14. The molecule has 2 rings (SSSR count). The Morgan fingerprint density at radius 2 is 1.95 bits per heavy atom. The lowest BCUT2D eigenvalue weighted by molar-refractivity contribution is -0.137. The third-order valence-electron chi connectivity index (χ3n) is 2.80. The first-order valence-electron chi connectivity index (χ1n) is 5.54. The summed E-state index contributed by atoms with van der Waals surface area (Å²) in [6, 6.07) is 2.48. The van der Waals surface area contributed by atoms with Crippen LogP contribution in [0.25, 0.3) is 5.57 Å². The highest BCUT2D eigenvalue weighted by Gasteiger charge is 2.35. The Morgan fingerprint density at radius 1 is 1.32 bits per heavy atom. The average Bonchev–Trinajstić information content (AvgIpc) is 2.48. The molecule has 2 N–H and O–H groups in total. The lowest BCUT2D eigenvalue weighted by atomic mass is 10.00. The molecule has 19 heavy (non-hydrogen) atoms. The minimum atomic E-state index is -4.56. The Labute approximate surface area is 108 Å². The Hall–Kier alpha value is -1.34. The topological polar surface area (TPSA) is 60.2 Å². The van der Waals surface area contributed by atoms with Crippen molar-refractivity contribution in [2.24, 2.45) is 5.73 Å². The molecule has 1 heterocycles. The molecule has 104 valence electrons. The number of sulfone groups is 1. The first-order chi connectivity index (χ1) is 8.61. The van der Waals surface area contributed by atoms with E-state index in [0.29, 0.717) is 23.6 Å². The molecule has 1 aliphatic heterocycles. The Bertz CT molecular complexity index is 645. The van der Waals surface area contributed by atoms with Crippen LogP contribution < -0.4 is 5.73 Å². The van der Waals surface area contributed by atoms with Crippen molar-refractivity contribution in [2.75, 3.05) is 0 Å². The third-order valence-corrected chi connectivity index (χ3v) is 4.35. The van der Waals surface area contributed by atoms with Gasteiger partial charge in [-0.15, -0.1) is 0 Å². The summed E-state index contributed by atoms with van der Waals surface area (Å²) >= 11 is 0. The maximum Gasteiger partial charge on any atom is 0.416 e. The van der Waals surface area contributed by atoms with Gasteiger partial charge in [-0.05, 0) is 36.6 Å². The molecule has 3 nitrogen and oxygen atoms in total. The van der Waals surface area contributed by atoms with Crippen LogP contribution in [0.15, 0.2) is 28.5 Å². The predicted molar refractivity (Wildman–Crippen MR) is 64.9 cm³/mol. The van der Waals surface area contributed by atoms with E-state index in [1.54, 1.807) is 6.92 Å². The average molecular weight is 291 g/mol. The smallest absolute Gasteiger partial charge is 0.328 e. The van der Waals surface area contributed by atoms with Crippen LogP contribution in [-0.4, -0.2) is 14.5 Å². The van der Waals surface area contributed by atoms with Gasteiger partial charge < -0.3 is 5.73 Å². The van der Waals surface area contributed by atoms with Crippen molar-refractivity contribution < 1.29 is 21.6 Å². The number of hydrogen-bond donors (Lipinski definition) is 1. The van der Waals surface area contributed by atoms with Crippen LogP contribution in [0, 0.1) is 0 Å². The monoisotopic (exact) mass is 291 g/mol. The molecule has 1 aliphatic rings. The van der Waals surface area contributed by atoms with Crippen molar-refractivity contribution in [3.05, 3.63) is 34.7 Å². The van der Waals surface area contributed by atoms with E-state index in [-0.39, 0.29) is 10.9 Å². The fraction of sp³-hybridized carbons (Fsp3) is 0.333. The van der Waals surface area contributed by atoms with Gasteiger partial charge in [-0.1, -0.05) is 6.07 Å². The standard InChI is InChI=1S/C12H12F3NO2S/c1-7(16)4-8-6-19(17,18)11-5-9(12(13,14)15)2-3-10(8)11/h2-3,5-7H,4,16H2,1H3. The largest absolute Gasteiger partial charge is 0.416 e. The number of hydrogen-bond acceptors (Lipinski definition) is 3. The first-order valence-corrected chi connectivity index (χ1v) is 7.09. The van der Waals surface area contributed by atoms with Gasteiger partial charge in [0.25, 0.3) is 0 Å². The van der Waals surface area contributed by atoms with Crippen molar-refractivity contribution in [2.45, 2.75) is 30.5 Å². The number of rotatable bonds is 2. The van der Waals surface area contributed by atoms with Crippen molar-refractivity contribution >= 4 is 15.4 Å². The molecule has 0 radical (unpaired) electrons. The highest BCUT2D eigenvalue weighted by molar-refractivity contribution is 7.95. The van der Waals surface area contributed by atoms with Gasteiger partial charge in [0.2, 0.25) is 9.84 Å². The highest BCUT2D eigenvalue weighted by Crippen LogP contribution is 2.39. The number of nitrogens with two attached hydrogens (primary N) is 1.